The van der Waals surface area contributed by atoms with E-state index in [1.165, 1.54) is 80.9 Å². The Balaban J connectivity index is 0.885. The average molecular weight is 870 g/mol. The normalized spacial score (nSPS) is 11.7. The first-order valence-corrected chi connectivity index (χ1v) is 24.3. The van der Waals surface area contributed by atoms with E-state index in [-0.39, 0.29) is 0 Å². The van der Waals surface area contributed by atoms with Crippen molar-refractivity contribution in [3.63, 3.8) is 0 Å². The standard InChI is InChI=1S/C64H59N3/c1-3-65(4-2)42-14-6-5-7-15-50-24-29-58-47-64(41-33-57(58)43-50)67(63-40-32-53-18-10-13-21-56(53)46-63)60-36-27-49(28-37-60)23-22-48-25-34-59(35-26-48)66(61-38-30-51-16-8-11-19-54(51)44-61)62-39-31-52-17-9-12-20-55(52)45-62/h8-13,16-41,43-47H,3-7,14-15,42H2,1-2H3/b23-22+. The Morgan fingerprint density at radius 1 is 0.313 bits per heavy atom. The highest BCUT2D eigenvalue weighted by Crippen LogP contribution is 2.40. The van der Waals surface area contributed by atoms with Crippen LogP contribution in [0.25, 0.3) is 55.2 Å². The summed E-state index contributed by atoms with van der Waals surface area (Å²) in [7, 11) is 0. The maximum Gasteiger partial charge on any atom is 0.0468 e. The molecule has 0 radical (unpaired) electrons. The lowest BCUT2D eigenvalue weighted by atomic mass is 10.0. The van der Waals surface area contributed by atoms with Crippen LogP contribution in [0.5, 0.6) is 0 Å². The van der Waals surface area contributed by atoms with E-state index in [9.17, 15) is 0 Å². The molecule has 0 aliphatic heterocycles. The van der Waals surface area contributed by atoms with Crippen LogP contribution in [0.4, 0.5) is 34.1 Å². The molecule has 0 aliphatic carbocycles. The molecule has 3 nitrogen and oxygen atoms in total. The van der Waals surface area contributed by atoms with Crippen LogP contribution in [0, 0.1) is 0 Å². The van der Waals surface area contributed by atoms with Crippen LogP contribution in [0.1, 0.15) is 56.2 Å². The van der Waals surface area contributed by atoms with Gasteiger partial charge in [-0.3, -0.25) is 0 Å². The lowest BCUT2D eigenvalue weighted by Crippen LogP contribution is -2.23. The second-order valence-corrected chi connectivity index (χ2v) is 17.8. The maximum absolute atomic E-state index is 2.53. The van der Waals surface area contributed by atoms with Gasteiger partial charge in [0.15, 0.2) is 0 Å². The SMILES string of the molecule is CCN(CC)CCCCCCc1ccc2cc(N(c3ccc(/C=C/c4ccc(N(c5ccc6ccccc6c5)c5ccc6ccccc6c5)cc4)cc3)c3ccc4ccccc4c3)ccc2c1. The van der Waals surface area contributed by atoms with Gasteiger partial charge in [0.25, 0.3) is 0 Å². The largest absolute Gasteiger partial charge is 0.310 e. The van der Waals surface area contributed by atoms with Gasteiger partial charge >= 0.3 is 0 Å². The highest BCUT2D eigenvalue weighted by atomic mass is 15.1. The molecule has 0 unspecified atom stereocenters. The van der Waals surface area contributed by atoms with Gasteiger partial charge in [-0.05, 0) is 171 Å². The minimum absolute atomic E-state index is 1.11. The molecular formula is C64H59N3. The zero-order chi connectivity index (χ0) is 45.4. The predicted octanol–water partition coefficient (Wildman–Crippen LogP) is 17.9. The van der Waals surface area contributed by atoms with E-state index in [4.69, 9.17) is 0 Å². The number of benzene rings is 10. The molecule has 10 rings (SSSR count). The van der Waals surface area contributed by atoms with Crippen molar-refractivity contribution in [1.82, 2.24) is 4.90 Å². The fraction of sp³-hybridized carbons (Fsp3) is 0.156. The van der Waals surface area contributed by atoms with E-state index in [0.717, 1.165) is 64.8 Å². The van der Waals surface area contributed by atoms with E-state index in [2.05, 4.69) is 253 Å². The Labute approximate surface area is 396 Å². The number of hydrogen-bond donors (Lipinski definition) is 0. The number of aryl methyl sites for hydroxylation is 1. The summed E-state index contributed by atoms with van der Waals surface area (Å²) in [6.07, 6.45) is 10.7. The first-order chi connectivity index (χ1) is 33.1. The van der Waals surface area contributed by atoms with Crippen molar-refractivity contribution < 1.29 is 0 Å². The summed E-state index contributed by atoms with van der Waals surface area (Å²) in [5.41, 5.74) is 10.5. The van der Waals surface area contributed by atoms with Crippen molar-refractivity contribution >= 4 is 89.4 Å². The zero-order valence-corrected chi connectivity index (χ0v) is 38.9. The number of hydrogen-bond acceptors (Lipinski definition) is 3. The van der Waals surface area contributed by atoms with Gasteiger partial charge in [-0.2, -0.15) is 0 Å². The van der Waals surface area contributed by atoms with Crippen LogP contribution in [0.2, 0.25) is 0 Å². The summed E-state index contributed by atoms with van der Waals surface area (Å²) < 4.78 is 0. The third-order valence-electron chi connectivity index (χ3n) is 13.5. The Hall–Kier alpha value is -7.46. The van der Waals surface area contributed by atoms with Crippen LogP contribution < -0.4 is 9.80 Å². The second kappa shape index (κ2) is 20.4. The summed E-state index contributed by atoms with van der Waals surface area (Å²) in [5.74, 6) is 0. The molecule has 10 aromatic rings. The van der Waals surface area contributed by atoms with E-state index in [1.807, 2.05) is 0 Å². The van der Waals surface area contributed by atoms with E-state index < -0.39 is 0 Å². The maximum atomic E-state index is 2.53. The summed E-state index contributed by atoms with van der Waals surface area (Å²) in [4.78, 5) is 7.28. The van der Waals surface area contributed by atoms with Crippen molar-refractivity contribution in [2.45, 2.75) is 46.0 Å². The number of rotatable bonds is 17. The molecule has 0 fully saturated rings. The first-order valence-electron chi connectivity index (χ1n) is 24.3. The summed E-state index contributed by atoms with van der Waals surface area (Å²) in [6, 6.07) is 77.9. The first kappa shape index (κ1) is 43.4. The van der Waals surface area contributed by atoms with Gasteiger partial charge in [0.1, 0.15) is 0 Å². The molecule has 0 saturated heterocycles. The van der Waals surface area contributed by atoms with Crippen molar-refractivity contribution in [3.05, 3.63) is 229 Å². The topological polar surface area (TPSA) is 9.72 Å². The van der Waals surface area contributed by atoms with Gasteiger partial charge in [-0.25, -0.2) is 0 Å². The molecule has 330 valence electrons. The third kappa shape index (κ3) is 10.0. The van der Waals surface area contributed by atoms with Crippen molar-refractivity contribution in [2.24, 2.45) is 0 Å². The molecule has 0 saturated carbocycles. The van der Waals surface area contributed by atoms with Crippen LogP contribution in [-0.2, 0) is 6.42 Å². The molecule has 0 N–H and O–H groups in total. The van der Waals surface area contributed by atoms with Gasteiger partial charge in [0, 0.05) is 34.1 Å². The van der Waals surface area contributed by atoms with E-state index in [0.29, 0.717) is 0 Å². The number of fused-ring (bicyclic) bond motifs is 4. The molecule has 0 aliphatic rings. The van der Waals surface area contributed by atoms with Gasteiger partial charge in [0.05, 0.1) is 0 Å². The molecule has 0 atom stereocenters. The molecule has 3 heteroatoms. The minimum Gasteiger partial charge on any atom is -0.310 e. The Morgan fingerprint density at radius 2 is 0.657 bits per heavy atom. The quantitative estimate of drug-likeness (QED) is 0.0667. The highest BCUT2D eigenvalue weighted by molar-refractivity contribution is 5.94. The number of nitrogens with zero attached hydrogens (tertiary/aromatic N) is 3. The summed E-state index contributed by atoms with van der Waals surface area (Å²) in [6.45, 7) is 8.05. The van der Waals surface area contributed by atoms with Crippen molar-refractivity contribution in [2.75, 3.05) is 29.4 Å². The molecular weight excluding hydrogens is 811 g/mol. The van der Waals surface area contributed by atoms with Crippen molar-refractivity contribution in [1.29, 1.82) is 0 Å². The van der Waals surface area contributed by atoms with Crippen molar-refractivity contribution in [3.8, 4) is 0 Å². The zero-order valence-electron chi connectivity index (χ0n) is 38.9. The molecule has 0 spiro atoms. The van der Waals surface area contributed by atoms with Gasteiger partial charge in [-0.1, -0.05) is 178 Å². The monoisotopic (exact) mass is 869 g/mol. The smallest absolute Gasteiger partial charge is 0.0468 e. The minimum atomic E-state index is 1.11. The van der Waals surface area contributed by atoms with Crippen LogP contribution >= 0.6 is 0 Å². The fourth-order valence-electron chi connectivity index (χ4n) is 9.64. The summed E-state index contributed by atoms with van der Waals surface area (Å²) >= 11 is 0. The van der Waals surface area contributed by atoms with E-state index >= 15 is 0 Å². The van der Waals surface area contributed by atoms with Crippen LogP contribution in [-0.4, -0.2) is 24.5 Å². The molecule has 0 heterocycles. The molecule has 0 aromatic heterocycles. The van der Waals surface area contributed by atoms with Gasteiger partial charge < -0.3 is 14.7 Å². The molecule has 0 amide bonds. The summed E-state index contributed by atoms with van der Waals surface area (Å²) in [5, 5.41) is 9.94. The lowest BCUT2D eigenvalue weighted by molar-refractivity contribution is 0.295. The second-order valence-electron chi connectivity index (χ2n) is 17.8. The highest BCUT2D eigenvalue weighted by Gasteiger charge is 2.16. The molecule has 67 heavy (non-hydrogen) atoms. The average Bonchev–Trinajstić information content (AvgIpc) is 3.38. The Bertz CT molecular complexity index is 3210. The van der Waals surface area contributed by atoms with Gasteiger partial charge in [-0.15, -0.1) is 0 Å². The third-order valence-corrected chi connectivity index (χ3v) is 13.5. The van der Waals surface area contributed by atoms with Crippen LogP contribution in [0.3, 0.4) is 0 Å². The Morgan fingerprint density at radius 3 is 1.09 bits per heavy atom. The fourth-order valence-corrected chi connectivity index (χ4v) is 9.64. The number of anilines is 6. The molecule has 10 aromatic carbocycles. The predicted molar refractivity (Wildman–Crippen MR) is 291 cm³/mol. The van der Waals surface area contributed by atoms with E-state index in [1.54, 1.807) is 0 Å². The number of unbranched alkanes of at least 4 members (excludes halogenated alkanes) is 3. The van der Waals surface area contributed by atoms with Gasteiger partial charge in [0.2, 0.25) is 0 Å². The molecule has 0 bridgehead atoms. The van der Waals surface area contributed by atoms with Crippen LogP contribution in [0.15, 0.2) is 212 Å². The Kier molecular flexibility index (Phi) is 13.2. The lowest BCUT2D eigenvalue weighted by Gasteiger charge is -2.26.